The number of sulfone groups is 1. The molecule has 1 aromatic rings. The Hall–Kier alpha value is -1.89. The molecule has 0 aromatic heterocycles. The van der Waals surface area contributed by atoms with Crippen LogP contribution in [0.25, 0.3) is 0 Å². The Bertz CT molecular complexity index is 620. The lowest BCUT2D eigenvalue weighted by molar-refractivity contribution is -0.137. The molecule has 1 rings (SSSR count). The predicted octanol–water partition coefficient (Wildman–Crippen LogP) is 1.85. The predicted molar refractivity (Wildman–Crippen MR) is 82.6 cm³/mol. The van der Waals surface area contributed by atoms with Crippen molar-refractivity contribution in [1.82, 2.24) is 5.32 Å². The largest absolute Gasteiger partial charge is 0.481 e. The van der Waals surface area contributed by atoms with E-state index in [4.69, 9.17) is 5.11 Å². The van der Waals surface area contributed by atoms with Gasteiger partial charge in [-0.2, -0.15) is 0 Å². The number of rotatable bonds is 8. The lowest BCUT2D eigenvalue weighted by Gasteiger charge is -2.09. The molecule has 0 heterocycles. The van der Waals surface area contributed by atoms with Gasteiger partial charge in [-0.1, -0.05) is 0 Å². The van der Waals surface area contributed by atoms with Crippen LogP contribution < -0.4 is 5.32 Å². The van der Waals surface area contributed by atoms with Crippen LogP contribution >= 0.6 is 0 Å². The SMILES string of the molecule is CC(C)S(=O)(=O)c1ccc(C(=O)NCCCCC(=O)O)cc1. The van der Waals surface area contributed by atoms with E-state index in [0.717, 1.165) is 0 Å². The first-order valence-electron chi connectivity index (χ1n) is 7.09. The summed E-state index contributed by atoms with van der Waals surface area (Å²) >= 11 is 0. The summed E-state index contributed by atoms with van der Waals surface area (Å²) in [7, 11) is -3.34. The van der Waals surface area contributed by atoms with Crippen molar-refractivity contribution in [3.05, 3.63) is 29.8 Å². The number of carbonyl (C=O) groups is 2. The maximum Gasteiger partial charge on any atom is 0.303 e. The van der Waals surface area contributed by atoms with Crippen LogP contribution in [-0.4, -0.2) is 37.2 Å². The van der Waals surface area contributed by atoms with Gasteiger partial charge >= 0.3 is 5.97 Å². The Balaban J connectivity index is 2.56. The van der Waals surface area contributed by atoms with Crippen molar-refractivity contribution in [3.8, 4) is 0 Å². The number of unbranched alkanes of at least 4 members (excludes halogenated alkanes) is 1. The Labute approximate surface area is 130 Å². The molecule has 0 unspecified atom stereocenters. The second kappa shape index (κ2) is 7.93. The van der Waals surface area contributed by atoms with Crippen molar-refractivity contribution in [2.75, 3.05) is 6.54 Å². The zero-order valence-corrected chi connectivity index (χ0v) is 13.5. The fraction of sp³-hybridized carbons (Fsp3) is 0.467. The molecule has 0 atom stereocenters. The number of carboxylic acids is 1. The lowest BCUT2D eigenvalue weighted by Crippen LogP contribution is -2.24. The Morgan fingerprint density at radius 2 is 1.73 bits per heavy atom. The second-order valence-corrected chi connectivity index (χ2v) is 7.73. The van der Waals surface area contributed by atoms with E-state index in [-0.39, 0.29) is 17.2 Å². The highest BCUT2D eigenvalue weighted by molar-refractivity contribution is 7.92. The third kappa shape index (κ3) is 5.14. The molecule has 6 nitrogen and oxygen atoms in total. The number of hydrogen-bond donors (Lipinski definition) is 2. The van der Waals surface area contributed by atoms with Crippen molar-refractivity contribution < 1.29 is 23.1 Å². The number of hydrogen-bond acceptors (Lipinski definition) is 4. The van der Waals surface area contributed by atoms with E-state index in [0.29, 0.717) is 24.9 Å². The van der Waals surface area contributed by atoms with Gasteiger partial charge in [0.15, 0.2) is 9.84 Å². The van der Waals surface area contributed by atoms with Gasteiger partial charge in [-0.05, 0) is 51.0 Å². The summed E-state index contributed by atoms with van der Waals surface area (Å²) in [5.41, 5.74) is 0.376. The topological polar surface area (TPSA) is 101 Å². The van der Waals surface area contributed by atoms with Crippen molar-refractivity contribution >= 4 is 21.7 Å². The van der Waals surface area contributed by atoms with Crippen LogP contribution in [0.2, 0.25) is 0 Å². The third-order valence-electron chi connectivity index (χ3n) is 3.17. The molecule has 7 heteroatoms. The summed E-state index contributed by atoms with van der Waals surface area (Å²) in [6, 6.07) is 5.80. The molecule has 2 N–H and O–H groups in total. The Morgan fingerprint density at radius 3 is 2.23 bits per heavy atom. The smallest absolute Gasteiger partial charge is 0.303 e. The second-order valence-electron chi connectivity index (χ2n) is 5.22. The van der Waals surface area contributed by atoms with Gasteiger partial charge in [0.1, 0.15) is 0 Å². The number of nitrogens with one attached hydrogen (secondary N) is 1. The molecule has 22 heavy (non-hydrogen) atoms. The monoisotopic (exact) mass is 327 g/mol. The fourth-order valence-electron chi connectivity index (χ4n) is 1.77. The zero-order chi connectivity index (χ0) is 16.8. The van der Waals surface area contributed by atoms with Gasteiger partial charge in [0.05, 0.1) is 10.1 Å². The molecular formula is C15H21NO5S. The van der Waals surface area contributed by atoms with Crippen LogP contribution in [0.5, 0.6) is 0 Å². The summed E-state index contributed by atoms with van der Waals surface area (Å²) in [5, 5.41) is 10.7. The molecule has 122 valence electrons. The average Bonchev–Trinajstić information content (AvgIpc) is 2.46. The number of carbonyl (C=O) groups excluding carboxylic acids is 1. The molecule has 0 saturated heterocycles. The lowest BCUT2D eigenvalue weighted by atomic mass is 10.2. The van der Waals surface area contributed by atoms with E-state index in [2.05, 4.69) is 5.32 Å². The normalized spacial score (nSPS) is 11.4. The van der Waals surface area contributed by atoms with E-state index in [1.165, 1.54) is 24.3 Å². The van der Waals surface area contributed by atoms with E-state index in [1.807, 2.05) is 0 Å². The van der Waals surface area contributed by atoms with Gasteiger partial charge in [-0.15, -0.1) is 0 Å². The van der Waals surface area contributed by atoms with Crippen molar-refractivity contribution in [1.29, 1.82) is 0 Å². The fourth-order valence-corrected chi connectivity index (χ4v) is 2.83. The highest BCUT2D eigenvalue weighted by atomic mass is 32.2. The van der Waals surface area contributed by atoms with Gasteiger partial charge in [-0.3, -0.25) is 9.59 Å². The average molecular weight is 327 g/mol. The standard InChI is InChI=1S/C15H21NO5S/c1-11(2)22(20,21)13-8-6-12(7-9-13)15(19)16-10-4-3-5-14(17)18/h6-9,11H,3-5,10H2,1-2H3,(H,16,19)(H,17,18). The zero-order valence-electron chi connectivity index (χ0n) is 12.7. The maximum absolute atomic E-state index is 12.0. The van der Waals surface area contributed by atoms with Gasteiger partial charge in [0.2, 0.25) is 0 Å². The maximum atomic E-state index is 12.0. The third-order valence-corrected chi connectivity index (χ3v) is 5.34. The highest BCUT2D eigenvalue weighted by Gasteiger charge is 2.19. The van der Waals surface area contributed by atoms with Gasteiger partial charge in [0, 0.05) is 18.5 Å². The van der Waals surface area contributed by atoms with Gasteiger partial charge in [-0.25, -0.2) is 8.42 Å². The van der Waals surface area contributed by atoms with E-state index < -0.39 is 21.1 Å². The van der Waals surface area contributed by atoms with Crippen molar-refractivity contribution in [2.24, 2.45) is 0 Å². The summed E-state index contributed by atoms with van der Waals surface area (Å²) in [4.78, 5) is 22.4. The minimum Gasteiger partial charge on any atom is -0.481 e. The van der Waals surface area contributed by atoms with Gasteiger partial charge in [0.25, 0.3) is 5.91 Å². The van der Waals surface area contributed by atoms with Crippen LogP contribution in [0.15, 0.2) is 29.2 Å². The molecule has 0 bridgehead atoms. The first kappa shape index (κ1) is 18.2. The first-order valence-corrected chi connectivity index (χ1v) is 8.63. The van der Waals surface area contributed by atoms with Crippen LogP contribution in [0, 0.1) is 0 Å². The van der Waals surface area contributed by atoms with E-state index in [1.54, 1.807) is 13.8 Å². The molecule has 0 aliphatic rings. The van der Waals surface area contributed by atoms with E-state index >= 15 is 0 Å². The molecule has 0 saturated carbocycles. The Morgan fingerprint density at radius 1 is 1.14 bits per heavy atom. The number of amides is 1. The summed E-state index contributed by atoms with van der Waals surface area (Å²) < 4.78 is 23.9. The molecule has 1 amide bonds. The quantitative estimate of drug-likeness (QED) is 0.710. The molecule has 0 aliphatic heterocycles. The van der Waals surface area contributed by atoms with Crippen LogP contribution in [-0.2, 0) is 14.6 Å². The Kier molecular flexibility index (Phi) is 6.55. The first-order chi connectivity index (χ1) is 10.2. The van der Waals surface area contributed by atoms with Crippen molar-refractivity contribution in [2.45, 2.75) is 43.3 Å². The van der Waals surface area contributed by atoms with Crippen LogP contribution in [0.1, 0.15) is 43.5 Å². The van der Waals surface area contributed by atoms with E-state index in [9.17, 15) is 18.0 Å². The number of benzene rings is 1. The minimum absolute atomic E-state index is 0.0810. The van der Waals surface area contributed by atoms with Gasteiger partial charge < -0.3 is 10.4 Å². The minimum atomic E-state index is -3.34. The van der Waals surface area contributed by atoms with Crippen LogP contribution in [0.4, 0.5) is 0 Å². The molecular weight excluding hydrogens is 306 g/mol. The van der Waals surface area contributed by atoms with Crippen LogP contribution in [0.3, 0.4) is 0 Å². The van der Waals surface area contributed by atoms with Crippen molar-refractivity contribution in [3.63, 3.8) is 0 Å². The summed E-state index contributed by atoms with van der Waals surface area (Å²) in [6.45, 7) is 3.60. The summed E-state index contributed by atoms with van der Waals surface area (Å²) in [6.07, 6.45) is 1.16. The highest BCUT2D eigenvalue weighted by Crippen LogP contribution is 2.16. The summed E-state index contributed by atoms with van der Waals surface area (Å²) in [5.74, 6) is -1.16. The molecule has 0 aliphatic carbocycles. The number of carboxylic acid groups (broad SMARTS) is 1. The molecule has 0 fully saturated rings. The number of aliphatic carboxylic acids is 1. The molecule has 0 radical (unpaired) electrons. The molecule has 0 spiro atoms. The molecule has 1 aromatic carbocycles.